The highest BCUT2D eigenvalue weighted by Gasteiger charge is 2.14. The summed E-state index contributed by atoms with van der Waals surface area (Å²) < 4.78 is 5.69. The van der Waals surface area contributed by atoms with Crippen LogP contribution in [0.5, 0.6) is 5.75 Å². The van der Waals surface area contributed by atoms with Gasteiger partial charge in [-0.05, 0) is 49.0 Å². The number of piperazine rings is 1. The third-order valence-electron chi connectivity index (χ3n) is 5.17. The van der Waals surface area contributed by atoms with E-state index in [0.717, 1.165) is 43.4 Å². The minimum atomic E-state index is -0.221. The zero-order valence-electron chi connectivity index (χ0n) is 17.4. The molecule has 2 heterocycles. The molecule has 1 aliphatic heterocycles. The number of benzene rings is 2. The van der Waals surface area contributed by atoms with Crippen molar-refractivity contribution in [1.29, 1.82) is 0 Å². The van der Waals surface area contributed by atoms with Gasteiger partial charge in [-0.2, -0.15) is 0 Å². The van der Waals surface area contributed by atoms with Gasteiger partial charge >= 0.3 is 0 Å². The number of nitrogens with zero attached hydrogens (tertiary/aromatic N) is 3. The summed E-state index contributed by atoms with van der Waals surface area (Å²) in [6.45, 7) is 5.63. The molecule has 1 fully saturated rings. The minimum absolute atomic E-state index is 0.221. The number of hydrogen-bond donors (Lipinski definition) is 1. The second-order valence-electron chi connectivity index (χ2n) is 7.60. The quantitative estimate of drug-likeness (QED) is 0.572. The first-order chi connectivity index (χ1) is 15.0. The van der Waals surface area contributed by atoms with Crippen molar-refractivity contribution < 1.29 is 9.53 Å². The summed E-state index contributed by atoms with van der Waals surface area (Å²) in [6, 6.07) is 15.2. The molecule has 2 aromatic carbocycles. The number of anilines is 1. The number of ether oxygens (including phenoxy) is 1. The Labute approximate surface area is 191 Å². The first-order valence-electron chi connectivity index (χ1n) is 10.2. The molecule has 0 bridgehead atoms. The van der Waals surface area contributed by atoms with Gasteiger partial charge in [-0.3, -0.25) is 9.69 Å². The van der Waals surface area contributed by atoms with Crippen LogP contribution >= 0.6 is 22.9 Å². The maximum Gasteiger partial charge on any atom is 0.275 e. The molecule has 0 spiro atoms. The molecule has 0 radical (unpaired) electrons. The Hall–Kier alpha value is -2.45. The highest BCUT2D eigenvalue weighted by molar-refractivity contribution is 7.09. The second-order valence-corrected chi connectivity index (χ2v) is 8.98. The Balaban J connectivity index is 1.27. The van der Waals surface area contributed by atoms with Gasteiger partial charge in [0.25, 0.3) is 5.91 Å². The first-order valence-corrected chi connectivity index (χ1v) is 11.4. The van der Waals surface area contributed by atoms with Crippen molar-refractivity contribution in [2.75, 3.05) is 38.5 Å². The summed E-state index contributed by atoms with van der Waals surface area (Å²) in [5.41, 5.74) is 2.40. The van der Waals surface area contributed by atoms with Crippen LogP contribution in [0, 0.1) is 0 Å². The monoisotopic (exact) mass is 456 g/mol. The SMILES string of the molecule is CN1CCN(Cc2ccc(NC(=O)c3csc(COc4ccc(Cl)cc4)n3)cc2)CC1. The molecule has 8 heteroatoms. The zero-order chi connectivity index (χ0) is 21.6. The van der Waals surface area contributed by atoms with E-state index in [-0.39, 0.29) is 5.91 Å². The predicted octanol–water partition coefficient (Wildman–Crippen LogP) is 4.38. The molecule has 1 N–H and O–H groups in total. The fourth-order valence-corrected chi connectivity index (χ4v) is 4.12. The second kappa shape index (κ2) is 10.2. The molecular weight excluding hydrogens is 432 g/mol. The first kappa shape index (κ1) is 21.8. The van der Waals surface area contributed by atoms with Gasteiger partial charge in [-0.15, -0.1) is 11.3 Å². The molecule has 1 aliphatic rings. The van der Waals surface area contributed by atoms with Crippen molar-refractivity contribution in [1.82, 2.24) is 14.8 Å². The molecule has 6 nitrogen and oxygen atoms in total. The molecule has 0 unspecified atom stereocenters. The Morgan fingerprint density at radius 1 is 1.10 bits per heavy atom. The summed E-state index contributed by atoms with van der Waals surface area (Å²) in [5.74, 6) is 0.489. The number of amides is 1. The van der Waals surface area contributed by atoms with E-state index in [4.69, 9.17) is 16.3 Å². The highest BCUT2D eigenvalue weighted by Crippen LogP contribution is 2.19. The maximum absolute atomic E-state index is 12.5. The number of thiazole rings is 1. The van der Waals surface area contributed by atoms with Gasteiger partial charge in [0.15, 0.2) is 0 Å². The van der Waals surface area contributed by atoms with E-state index in [1.165, 1.54) is 16.9 Å². The molecule has 162 valence electrons. The van der Waals surface area contributed by atoms with Crippen molar-refractivity contribution in [2.24, 2.45) is 0 Å². The third-order valence-corrected chi connectivity index (χ3v) is 6.25. The molecule has 0 aliphatic carbocycles. The molecular formula is C23H25ClN4O2S. The zero-order valence-corrected chi connectivity index (χ0v) is 19.0. The third kappa shape index (κ3) is 6.27. The number of likely N-dealkylation sites (N-methyl/N-ethyl adjacent to an activating group) is 1. The van der Waals surface area contributed by atoms with Crippen LogP contribution in [0.1, 0.15) is 21.1 Å². The van der Waals surface area contributed by atoms with Crippen LogP contribution in [0.25, 0.3) is 0 Å². The lowest BCUT2D eigenvalue weighted by molar-refractivity contribution is 0.102. The lowest BCUT2D eigenvalue weighted by Crippen LogP contribution is -2.43. The molecule has 1 amide bonds. The van der Waals surface area contributed by atoms with Crippen LogP contribution in [0.2, 0.25) is 5.02 Å². The molecule has 31 heavy (non-hydrogen) atoms. The van der Waals surface area contributed by atoms with Crippen LogP contribution < -0.4 is 10.1 Å². The Kier molecular flexibility index (Phi) is 7.19. The van der Waals surface area contributed by atoms with E-state index in [1.807, 2.05) is 12.1 Å². The average Bonchev–Trinajstić information content (AvgIpc) is 3.26. The number of rotatable bonds is 7. The Bertz CT molecular complexity index is 999. The van der Waals surface area contributed by atoms with E-state index in [9.17, 15) is 4.79 Å². The van der Waals surface area contributed by atoms with Crippen LogP contribution in [0.15, 0.2) is 53.9 Å². The van der Waals surface area contributed by atoms with E-state index in [1.54, 1.807) is 29.6 Å². The summed E-state index contributed by atoms with van der Waals surface area (Å²) >= 11 is 7.28. The summed E-state index contributed by atoms with van der Waals surface area (Å²) in [6.07, 6.45) is 0. The van der Waals surface area contributed by atoms with Gasteiger partial charge in [0, 0.05) is 48.8 Å². The van der Waals surface area contributed by atoms with Crippen LogP contribution in [0.4, 0.5) is 5.69 Å². The molecule has 1 aromatic heterocycles. The van der Waals surface area contributed by atoms with Crippen molar-refractivity contribution in [3.63, 3.8) is 0 Å². The summed E-state index contributed by atoms with van der Waals surface area (Å²) in [7, 11) is 2.16. The van der Waals surface area contributed by atoms with Gasteiger partial charge in [0.1, 0.15) is 23.1 Å². The number of nitrogens with one attached hydrogen (secondary N) is 1. The fourth-order valence-electron chi connectivity index (χ4n) is 3.31. The standard InChI is InChI=1S/C23H25ClN4O2S/c1-27-10-12-28(13-11-27)14-17-2-6-19(7-3-17)25-23(29)21-16-31-22(26-21)15-30-20-8-4-18(24)5-9-20/h2-9,16H,10-15H2,1H3,(H,25,29). The summed E-state index contributed by atoms with van der Waals surface area (Å²) in [4.78, 5) is 21.7. The smallest absolute Gasteiger partial charge is 0.275 e. The van der Waals surface area contributed by atoms with Gasteiger partial charge < -0.3 is 15.0 Å². The van der Waals surface area contributed by atoms with Gasteiger partial charge in [0.05, 0.1) is 0 Å². The summed E-state index contributed by atoms with van der Waals surface area (Å²) in [5, 5.41) is 6.06. The molecule has 1 saturated heterocycles. The van der Waals surface area contributed by atoms with Crippen molar-refractivity contribution >= 4 is 34.5 Å². The lowest BCUT2D eigenvalue weighted by Gasteiger charge is -2.32. The van der Waals surface area contributed by atoms with E-state index in [2.05, 4.69) is 39.3 Å². The number of aromatic nitrogens is 1. The number of halogens is 1. The number of hydrogen-bond acceptors (Lipinski definition) is 6. The van der Waals surface area contributed by atoms with Crippen molar-refractivity contribution in [2.45, 2.75) is 13.2 Å². The average molecular weight is 457 g/mol. The van der Waals surface area contributed by atoms with Gasteiger partial charge in [0.2, 0.25) is 0 Å². The molecule has 4 rings (SSSR count). The largest absolute Gasteiger partial charge is 0.486 e. The Morgan fingerprint density at radius 3 is 2.52 bits per heavy atom. The van der Waals surface area contributed by atoms with Crippen molar-refractivity contribution in [3.8, 4) is 5.75 Å². The fraction of sp³-hybridized carbons (Fsp3) is 0.304. The number of carbonyl (C=O) groups is 1. The maximum atomic E-state index is 12.5. The van der Waals surface area contributed by atoms with Gasteiger partial charge in [-0.1, -0.05) is 23.7 Å². The van der Waals surface area contributed by atoms with Crippen molar-refractivity contribution in [3.05, 3.63) is 75.2 Å². The topological polar surface area (TPSA) is 57.7 Å². The van der Waals surface area contributed by atoms with E-state index >= 15 is 0 Å². The lowest BCUT2D eigenvalue weighted by atomic mass is 10.1. The molecule has 3 aromatic rings. The minimum Gasteiger partial charge on any atom is -0.486 e. The molecule has 0 atom stereocenters. The molecule has 0 saturated carbocycles. The van der Waals surface area contributed by atoms with Crippen LogP contribution in [0.3, 0.4) is 0 Å². The highest BCUT2D eigenvalue weighted by atomic mass is 35.5. The van der Waals surface area contributed by atoms with E-state index < -0.39 is 0 Å². The number of carbonyl (C=O) groups excluding carboxylic acids is 1. The predicted molar refractivity (Wildman–Crippen MR) is 125 cm³/mol. The van der Waals surface area contributed by atoms with Crippen LogP contribution in [-0.4, -0.2) is 53.9 Å². The van der Waals surface area contributed by atoms with E-state index in [0.29, 0.717) is 23.1 Å². The Morgan fingerprint density at radius 2 is 1.81 bits per heavy atom. The van der Waals surface area contributed by atoms with Crippen LogP contribution in [-0.2, 0) is 13.2 Å². The van der Waals surface area contributed by atoms with Gasteiger partial charge in [-0.25, -0.2) is 4.98 Å². The normalized spacial score (nSPS) is 15.0.